The van der Waals surface area contributed by atoms with Crippen molar-refractivity contribution in [2.45, 2.75) is 13.5 Å². The number of nitrogens with zero attached hydrogens (tertiary/aromatic N) is 2. The van der Waals surface area contributed by atoms with Gasteiger partial charge in [0, 0.05) is 12.7 Å². The van der Waals surface area contributed by atoms with Gasteiger partial charge >= 0.3 is 11.9 Å². The number of aldehydes is 2. The lowest BCUT2D eigenvalue weighted by Gasteiger charge is -2.00. The number of aromatic nitrogens is 2. The standard InChI is InChI=1S/C6H8N2O3.C6H8O4.C2H8N2O/c9-2-1-8-4-5(3-7-8)6(10)11;1-2-10-6(9)5(3-7)4-8;3-4-1-2-5/h3-4,9H,1-2H2,(H,10,11);3-5H,2H2,1H3;4-5H,1-3H2. The molecule has 0 amide bonds. The fraction of sp³-hybridized carbons (Fsp3) is 0.500. The number of aromatic carboxylic acids is 1. The van der Waals surface area contributed by atoms with Crippen LogP contribution in [0.15, 0.2) is 12.4 Å². The van der Waals surface area contributed by atoms with Gasteiger partial charge in [0.1, 0.15) is 12.6 Å². The van der Waals surface area contributed by atoms with Gasteiger partial charge in [-0.3, -0.25) is 20.7 Å². The fourth-order valence-corrected chi connectivity index (χ4v) is 1.14. The van der Waals surface area contributed by atoms with E-state index in [1.54, 1.807) is 6.92 Å². The van der Waals surface area contributed by atoms with Crippen molar-refractivity contribution < 1.29 is 39.2 Å². The molecule has 26 heavy (non-hydrogen) atoms. The summed E-state index contributed by atoms with van der Waals surface area (Å²) in [7, 11) is 0. The third-order valence-electron chi connectivity index (χ3n) is 2.32. The van der Waals surface area contributed by atoms with Crippen LogP contribution in [-0.4, -0.2) is 76.0 Å². The van der Waals surface area contributed by atoms with Gasteiger partial charge in [0.05, 0.1) is 38.1 Å². The van der Waals surface area contributed by atoms with Gasteiger partial charge in [-0.25, -0.2) is 4.79 Å². The average molecular weight is 376 g/mol. The molecule has 1 aromatic heterocycles. The molecule has 1 aromatic rings. The monoisotopic (exact) mass is 376 g/mol. The van der Waals surface area contributed by atoms with Crippen LogP contribution in [0.4, 0.5) is 0 Å². The summed E-state index contributed by atoms with van der Waals surface area (Å²) in [6, 6.07) is 0. The summed E-state index contributed by atoms with van der Waals surface area (Å²) in [5.74, 6) is 1.69. The molecule has 0 fully saturated rings. The van der Waals surface area contributed by atoms with E-state index in [4.69, 9.17) is 21.2 Å². The average Bonchev–Trinajstić information content (AvgIpc) is 3.08. The number of aliphatic hydroxyl groups is 2. The molecule has 1 heterocycles. The molecular formula is C14H24N4O8. The van der Waals surface area contributed by atoms with Gasteiger partial charge in [0.2, 0.25) is 0 Å². The minimum Gasteiger partial charge on any atom is -0.478 e. The summed E-state index contributed by atoms with van der Waals surface area (Å²) in [5.41, 5.74) is 2.40. The Kier molecular flexibility index (Phi) is 16.9. The quantitative estimate of drug-likeness (QED) is 0.101. The molecule has 6 N–H and O–H groups in total. The number of ether oxygens (including phenoxy) is 1. The van der Waals surface area contributed by atoms with E-state index in [0.29, 0.717) is 13.1 Å². The molecule has 12 heteroatoms. The Morgan fingerprint density at radius 2 is 1.96 bits per heavy atom. The molecule has 0 bridgehead atoms. The molecule has 0 radical (unpaired) electrons. The molecule has 1 rings (SSSR count). The van der Waals surface area contributed by atoms with Gasteiger partial charge in [-0.15, -0.1) is 0 Å². The van der Waals surface area contributed by atoms with Crippen LogP contribution in [0, 0.1) is 5.92 Å². The first kappa shape index (κ1) is 25.6. The second-order valence-corrected chi connectivity index (χ2v) is 4.25. The maximum atomic E-state index is 10.5. The van der Waals surface area contributed by atoms with Crippen LogP contribution in [0.25, 0.3) is 0 Å². The zero-order valence-electron chi connectivity index (χ0n) is 14.3. The lowest BCUT2D eigenvalue weighted by molar-refractivity contribution is -0.150. The van der Waals surface area contributed by atoms with E-state index in [-0.39, 0.29) is 38.0 Å². The number of carboxylic acids is 1. The fourth-order valence-electron chi connectivity index (χ4n) is 1.14. The number of hydrazine groups is 1. The van der Waals surface area contributed by atoms with E-state index in [0.717, 1.165) is 0 Å². The topological polar surface area (TPSA) is 194 Å². The van der Waals surface area contributed by atoms with E-state index in [1.807, 2.05) is 0 Å². The van der Waals surface area contributed by atoms with E-state index in [1.165, 1.54) is 17.1 Å². The zero-order valence-corrected chi connectivity index (χ0v) is 14.3. The van der Waals surface area contributed by atoms with Crippen LogP contribution in [0.1, 0.15) is 17.3 Å². The SMILES string of the molecule is CCOC(=O)C(C=O)C=O.NNCCO.O=C(O)c1cnn(CCO)c1. The zero-order chi connectivity index (χ0) is 20.4. The second-order valence-electron chi connectivity index (χ2n) is 4.25. The highest BCUT2D eigenvalue weighted by atomic mass is 16.5. The molecule has 148 valence electrons. The molecule has 0 aliphatic heterocycles. The van der Waals surface area contributed by atoms with Crippen molar-refractivity contribution in [3.05, 3.63) is 18.0 Å². The molecule has 0 atom stereocenters. The molecule has 0 saturated heterocycles. The van der Waals surface area contributed by atoms with Crippen molar-refractivity contribution in [1.82, 2.24) is 15.2 Å². The van der Waals surface area contributed by atoms with Crippen molar-refractivity contribution in [2.75, 3.05) is 26.4 Å². The van der Waals surface area contributed by atoms with Crippen LogP contribution in [-0.2, 0) is 25.7 Å². The number of carbonyl (C=O) groups excluding carboxylic acids is 3. The van der Waals surface area contributed by atoms with Crippen molar-refractivity contribution in [2.24, 2.45) is 11.8 Å². The first-order valence-corrected chi connectivity index (χ1v) is 7.39. The van der Waals surface area contributed by atoms with E-state index >= 15 is 0 Å². The number of nitrogens with two attached hydrogens (primary N) is 1. The number of carbonyl (C=O) groups is 4. The first-order chi connectivity index (χ1) is 12.4. The number of carboxylic acid groups (broad SMARTS) is 1. The van der Waals surface area contributed by atoms with Crippen molar-refractivity contribution in [1.29, 1.82) is 0 Å². The van der Waals surface area contributed by atoms with Crippen LogP contribution >= 0.6 is 0 Å². The van der Waals surface area contributed by atoms with E-state index in [2.05, 4.69) is 15.3 Å². The van der Waals surface area contributed by atoms with Crippen molar-refractivity contribution in [3.8, 4) is 0 Å². The third-order valence-corrected chi connectivity index (χ3v) is 2.32. The van der Waals surface area contributed by atoms with Gasteiger partial charge in [0.25, 0.3) is 0 Å². The maximum absolute atomic E-state index is 10.5. The minimum absolute atomic E-state index is 0.0409. The molecule has 0 aliphatic rings. The number of hydrogen-bond donors (Lipinski definition) is 5. The number of esters is 1. The second kappa shape index (κ2) is 17.2. The summed E-state index contributed by atoms with van der Waals surface area (Å²) < 4.78 is 5.76. The Morgan fingerprint density at radius 3 is 2.27 bits per heavy atom. The van der Waals surface area contributed by atoms with E-state index < -0.39 is 17.9 Å². The molecular weight excluding hydrogens is 352 g/mol. The van der Waals surface area contributed by atoms with Crippen LogP contribution in [0.3, 0.4) is 0 Å². The van der Waals surface area contributed by atoms with Crippen LogP contribution < -0.4 is 11.3 Å². The Balaban J connectivity index is 0. The molecule has 0 saturated carbocycles. The largest absolute Gasteiger partial charge is 0.478 e. The Labute approximate surface area is 149 Å². The number of hydrogen-bond acceptors (Lipinski definition) is 10. The van der Waals surface area contributed by atoms with Crippen molar-refractivity contribution in [3.63, 3.8) is 0 Å². The summed E-state index contributed by atoms with van der Waals surface area (Å²) in [6.45, 7) is 2.64. The predicted octanol–water partition coefficient (Wildman–Crippen LogP) is -2.42. The molecule has 0 spiro atoms. The first-order valence-electron chi connectivity index (χ1n) is 7.39. The summed E-state index contributed by atoms with van der Waals surface area (Å²) in [4.78, 5) is 40.7. The normalized spacial score (nSPS) is 9.27. The smallest absolute Gasteiger partial charge is 0.338 e. The van der Waals surface area contributed by atoms with Gasteiger partial charge in [-0.2, -0.15) is 5.10 Å². The van der Waals surface area contributed by atoms with Gasteiger partial charge in [0.15, 0.2) is 5.92 Å². The molecule has 0 unspecified atom stereocenters. The highest BCUT2D eigenvalue weighted by Gasteiger charge is 2.16. The highest BCUT2D eigenvalue weighted by molar-refractivity contribution is 6.02. The molecule has 12 nitrogen and oxygen atoms in total. The minimum atomic E-state index is -1.25. The highest BCUT2D eigenvalue weighted by Crippen LogP contribution is 1.96. The van der Waals surface area contributed by atoms with E-state index in [9.17, 15) is 19.2 Å². The maximum Gasteiger partial charge on any atom is 0.338 e. The Morgan fingerprint density at radius 1 is 1.35 bits per heavy atom. The van der Waals surface area contributed by atoms with Crippen molar-refractivity contribution >= 4 is 24.5 Å². The number of rotatable bonds is 9. The Hall–Kier alpha value is -2.67. The Bertz CT molecular complexity index is 525. The predicted molar refractivity (Wildman–Crippen MR) is 87.8 cm³/mol. The lowest BCUT2D eigenvalue weighted by atomic mass is 10.2. The van der Waals surface area contributed by atoms with Crippen LogP contribution in [0.5, 0.6) is 0 Å². The molecule has 0 aliphatic carbocycles. The number of aliphatic hydroxyl groups excluding tert-OH is 2. The van der Waals surface area contributed by atoms with Gasteiger partial charge in [-0.05, 0) is 6.92 Å². The number of nitrogens with one attached hydrogen (secondary N) is 1. The summed E-state index contributed by atoms with van der Waals surface area (Å²) in [6.07, 6.45) is 3.13. The lowest BCUT2D eigenvalue weighted by Crippen LogP contribution is -2.24. The summed E-state index contributed by atoms with van der Waals surface area (Å²) >= 11 is 0. The van der Waals surface area contributed by atoms with Gasteiger partial charge < -0.3 is 29.6 Å². The van der Waals surface area contributed by atoms with Gasteiger partial charge in [-0.1, -0.05) is 0 Å². The summed E-state index contributed by atoms with van der Waals surface area (Å²) in [5, 5.41) is 28.5. The third kappa shape index (κ3) is 12.7. The van der Waals surface area contributed by atoms with Crippen LogP contribution in [0.2, 0.25) is 0 Å². The molecule has 0 aromatic carbocycles.